The van der Waals surface area contributed by atoms with Crippen LogP contribution in [0.3, 0.4) is 0 Å². The third kappa shape index (κ3) is 7.00. The lowest BCUT2D eigenvalue weighted by Crippen LogP contribution is -2.24. The number of carbonyl (C=O) groups excluding carboxylic acids is 1. The summed E-state index contributed by atoms with van der Waals surface area (Å²) < 4.78 is 42.9. The predicted octanol–water partition coefficient (Wildman–Crippen LogP) is 5.00. The van der Waals surface area contributed by atoms with Crippen molar-refractivity contribution in [2.24, 2.45) is 0 Å². The third-order valence-electron chi connectivity index (χ3n) is 6.93. The Bertz CT molecular complexity index is 1950. The SMILES string of the molecule is COc1cc(OC)c(F)c(-c2cc3cnc(Nc4ccncn4)cc3n(Cc3cccc(NC(=O)/C=C/CN(C)C)c3)c2=O)c1F. The number of nitrogens with zero attached hydrogens (tertiary/aromatic N) is 5. The molecule has 0 radical (unpaired) electrons. The number of halogens is 2. The van der Waals surface area contributed by atoms with Gasteiger partial charge in [0.2, 0.25) is 5.91 Å². The van der Waals surface area contributed by atoms with Gasteiger partial charge in [-0.25, -0.2) is 23.7 Å². The molecule has 0 aliphatic heterocycles. The number of nitrogens with one attached hydrogen (secondary N) is 2. The zero-order valence-corrected chi connectivity index (χ0v) is 25.5. The molecular formula is C33H31F2N7O4. The number of carbonyl (C=O) groups is 1. The molecule has 11 nitrogen and oxygen atoms in total. The lowest BCUT2D eigenvalue weighted by Gasteiger charge is -2.17. The molecule has 0 spiro atoms. The fourth-order valence-electron chi connectivity index (χ4n) is 4.78. The van der Waals surface area contributed by atoms with E-state index in [0.29, 0.717) is 40.3 Å². The first kappa shape index (κ1) is 31.7. The predicted molar refractivity (Wildman–Crippen MR) is 172 cm³/mol. The molecule has 0 bridgehead atoms. The summed E-state index contributed by atoms with van der Waals surface area (Å²) in [5, 5.41) is 6.31. The van der Waals surface area contributed by atoms with Gasteiger partial charge in [0, 0.05) is 48.2 Å². The molecule has 13 heteroatoms. The number of rotatable bonds is 11. The molecule has 0 atom stereocenters. The van der Waals surface area contributed by atoms with Gasteiger partial charge in [-0.3, -0.25) is 9.59 Å². The van der Waals surface area contributed by atoms with Gasteiger partial charge in [-0.2, -0.15) is 0 Å². The van der Waals surface area contributed by atoms with Crippen LogP contribution in [0.2, 0.25) is 0 Å². The summed E-state index contributed by atoms with van der Waals surface area (Å²) in [4.78, 5) is 41.1. The second-order valence-corrected chi connectivity index (χ2v) is 10.4. The maximum Gasteiger partial charge on any atom is 0.259 e. The van der Waals surface area contributed by atoms with Gasteiger partial charge < -0.3 is 29.6 Å². The van der Waals surface area contributed by atoms with Crippen LogP contribution in [0.1, 0.15) is 5.56 Å². The normalized spacial score (nSPS) is 11.3. The van der Waals surface area contributed by atoms with Crippen molar-refractivity contribution in [1.82, 2.24) is 24.4 Å². The molecule has 236 valence electrons. The van der Waals surface area contributed by atoms with Crippen LogP contribution in [-0.2, 0) is 11.3 Å². The number of fused-ring (bicyclic) bond motifs is 1. The molecule has 5 aromatic rings. The highest BCUT2D eigenvalue weighted by Crippen LogP contribution is 2.37. The minimum Gasteiger partial charge on any atom is -0.494 e. The number of amides is 1. The Labute approximate surface area is 263 Å². The molecule has 0 unspecified atom stereocenters. The number of anilines is 3. The number of aromatic nitrogens is 4. The van der Waals surface area contributed by atoms with Crippen molar-refractivity contribution in [2.75, 3.05) is 45.5 Å². The van der Waals surface area contributed by atoms with Gasteiger partial charge in [0.25, 0.3) is 5.56 Å². The minimum atomic E-state index is -1.05. The molecule has 0 saturated heterocycles. The number of pyridine rings is 2. The molecule has 2 aromatic carbocycles. The minimum absolute atomic E-state index is 0.00927. The van der Waals surface area contributed by atoms with Gasteiger partial charge >= 0.3 is 0 Å². The lowest BCUT2D eigenvalue weighted by molar-refractivity contribution is -0.111. The number of hydrogen-bond donors (Lipinski definition) is 2. The van der Waals surface area contributed by atoms with E-state index in [9.17, 15) is 9.59 Å². The molecule has 0 fully saturated rings. The summed E-state index contributed by atoms with van der Waals surface area (Å²) in [5.74, 6) is -2.14. The number of hydrogen-bond acceptors (Lipinski definition) is 9. The van der Waals surface area contributed by atoms with E-state index in [1.807, 2.05) is 19.0 Å². The summed E-state index contributed by atoms with van der Waals surface area (Å²) >= 11 is 0. The van der Waals surface area contributed by atoms with Crippen molar-refractivity contribution in [3.05, 3.63) is 107 Å². The van der Waals surface area contributed by atoms with E-state index in [1.165, 1.54) is 43.5 Å². The Morgan fingerprint density at radius 3 is 2.43 bits per heavy atom. The number of benzene rings is 2. The zero-order chi connectivity index (χ0) is 32.8. The van der Waals surface area contributed by atoms with E-state index in [0.717, 1.165) is 6.07 Å². The Morgan fingerprint density at radius 2 is 1.76 bits per heavy atom. The zero-order valence-electron chi connectivity index (χ0n) is 25.5. The van der Waals surface area contributed by atoms with Crippen LogP contribution in [0, 0.1) is 11.6 Å². The molecule has 1 amide bonds. The van der Waals surface area contributed by atoms with Crippen LogP contribution in [-0.4, -0.2) is 65.2 Å². The fraction of sp³-hybridized carbons (Fsp3) is 0.182. The number of likely N-dealkylation sites (N-methyl/N-ethyl adjacent to an activating group) is 1. The van der Waals surface area contributed by atoms with E-state index >= 15 is 8.78 Å². The summed E-state index contributed by atoms with van der Waals surface area (Å²) in [6.07, 6.45) is 7.61. The van der Waals surface area contributed by atoms with Crippen LogP contribution < -0.4 is 25.7 Å². The van der Waals surface area contributed by atoms with Crippen LogP contribution >= 0.6 is 0 Å². The monoisotopic (exact) mass is 627 g/mol. The van der Waals surface area contributed by atoms with Gasteiger partial charge in [0.1, 0.15) is 18.0 Å². The van der Waals surface area contributed by atoms with Gasteiger partial charge in [0.15, 0.2) is 23.1 Å². The van der Waals surface area contributed by atoms with Crippen molar-refractivity contribution in [1.29, 1.82) is 0 Å². The third-order valence-corrected chi connectivity index (χ3v) is 6.93. The van der Waals surface area contributed by atoms with Crippen molar-refractivity contribution in [3.63, 3.8) is 0 Å². The van der Waals surface area contributed by atoms with E-state index in [-0.39, 0.29) is 29.5 Å². The molecule has 3 heterocycles. The van der Waals surface area contributed by atoms with E-state index in [4.69, 9.17) is 9.47 Å². The molecule has 0 aliphatic rings. The average Bonchev–Trinajstić information content (AvgIpc) is 3.04. The Kier molecular flexibility index (Phi) is 9.62. The van der Waals surface area contributed by atoms with Crippen LogP contribution in [0.25, 0.3) is 22.0 Å². The quantitative estimate of drug-likeness (QED) is 0.195. The van der Waals surface area contributed by atoms with Crippen LogP contribution in [0.4, 0.5) is 26.1 Å². The maximum atomic E-state index is 15.6. The van der Waals surface area contributed by atoms with Crippen molar-refractivity contribution >= 4 is 34.1 Å². The first-order valence-corrected chi connectivity index (χ1v) is 14.1. The summed E-state index contributed by atoms with van der Waals surface area (Å²) in [6.45, 7) is 0.591. The van der Waals surface area contributed by atoms with Crippen LogP contribution in [0.15, 0.2) is 84.2 Å². The second kappa shape index (κ2) is 13.9. The summed E-state index contributed by atoms with van der Waals surface area (Å²) in [5.41, 5.74) is 0.0479. The molecule has 0 aliphatic carbocycles. The molecule has 3 aromatic heterocycles. The summed E-state index contributed by atoms with van der Waals surface area (Å²) in [7, 11) is 6.26. The van der Waals surface area contributed by atoms with E-state index < -0.39 is 22.8 Å². The van der Waals surface area contributed by atoms with Gasteiger partial charge in [-0.05, 0) is 43.9 Å². The van der Waals surface area contributed by atoms with E-state index in [2.05, 4.69) is 25.6 Å². The standard InChI is InChI=1S/C33H31F2N7O4/c1-41(2)12-6-9-29(43)39-22-8-5-7-20(13-22)18-42-24-15-28(40-27-10-11-36-19-38-27)37-17-21(24)14-23(33(42)44)30-31(34)25(45-3)16-26(46-4)32(30)35/h5-11,13-17,19H,12,18H2,1-4H3,(H,39,43)(H,36,37,38,40)/b9-6+. The highest BCUT2D eigenvalue weighted by molar-refractivity contribution is 5.99. The molecular weight excluding hydrogens is 596 g/mol. The summed E-state index contributed by atoms with van der Waals surface area (Å²) in [6, 6.07) is 12.7. The lowest BCUT2D eigenvalue weighted by atomic mass is 10.0. The van der Waals surface area contributed by atoms with Crippen molar-refractivity contribution < 1.29 is 23.0 Å². The molecule has 0 saturated carbocycles. The fourth-order valence-corrected chi connectivity index (χ4v) is 4.78. The first-order valence-electron chi connectivity index (χ1n) is 14.1. The van der Waals surface area contributed by atoms with Crippen molar-refractivity contribution in [3.8, 4) is 22.6 Å². The Morgan fingerprint density at radius 1 is 1.00 bits per heavy atom. The highest BCUT2D eigenvalue weighted by Gasteiger charge is 2.25. The Balaban J connectivity index is 1.63. The molecule has 46 heavy (non-hydrogen) atoms. The maximum absolute atomic E-state index is 15.6. The topological polar surface area (TPSA) is 124 Å². The Hall–Kier alpha value is -5.69. The molecule has 5 rings (SSSR count). The second-order valence-electron chi connectivity index (χ2n) is 10.4. The van der Waals surface area contributed by atoms with Gasteiger partial charge in [-0.15, -0.1) is 0 Å². The highest BCUT2D eigenvalue weighted by atomic mass is 19.1. The van der Waals surface area contributed by atoms with Gasteiger partial charge in [0.05, 0.1) is 37.4 Å². The number of methoxy groups -OCH3 is 2. The molecule has 2 N–H and O–H groups in total. The van der Waals surface area contributed by atoms with E-state index in [1.54, 1.807) is 48.7 Å². The average molecular weight is 628 g/mol. The smallest absolute Gasteiger partial charge is 0.259 e. The number of ether oxygens (including phenoxy) is 2. The largest absolute Gasteiger partial charge is 0.494 e. The van der Waals surface area contributed by atoms with Crippen LogP contribution in [0.5, 0.6) is 11.5 Å². The first-order chi connectivity index (χ1) is 22.2. The van der Waals surface area contributed by atoms with Crippen molar-refractivity contribution in [2.45, 2.75) is 6.54 Å². The van der Waals surface area contributed by atoms with Gasteiger partial charge in [-0.1, -0.05) is 18.2 Å².